The van der Waals surface area contributed by atoms with Gasteiger partial charge in [-0.1, -0.05) is 102 Å². The van der Waals surface area contributed by atoms with Crippen molar-refractivity contribution in [1.29, 1.82) is 5.26 Å². The van der Waals surface area contributed by atoms with Crippen LogP contribution < -0.4 is 0 Å². The Balaban J connectivity index is 1.33. The number of hydrogen-bond acceptors (Lipinski definition) is 1. The van der Waals surface area contributed by atoms with Gasteiger partial charge in [-0.2, -0.15) is 18.4 Å². The second-order valence-electron chi connectivity index (χ2n) is 16.8. The Morgan fingerprint density at radius 2 is 0.855 bits per heavy atom. The molecule has 10 rings (SSSR count). The molecule has 2 aromatic heterocycles. The van der Waals surface area contributed by atoms with E-state index in [0.717, 1.165) is 60.8 Å². The number of nitriles is 1. The molecule has 10 aromatic rings. The Kier molecular flexibility index (Phi) is 9.01. The molecule has 302 valence electrons. The van der Waals surface area contributed by atoms with Crippen LogP contribution in [0.15, 0.2) is 146 Å². The van der Waals surface area contributed by atoms with Crippen LogP contribution in [0, 0.1) is 52.9 Å². The molecule has 62 heavy (non-hydrogen) atoms. The van der Waals surface area contributed by atoms with E-state index in [1.165, 1.54) is 56.6 Å². The van der Waals surface area contributed by atoms with Gasteiger partial charge >= 0.3 is 6.18 Å². The zero-order chi connectivity index (χ0) is 43.2. The van der Waals surface area contributed by atoms with Crippen molar-refractivity contribution in [3.63, 3.8) is 0 Å². The van der Waals surface area contributed by atoms with Crippen LogP contribution in [-0.2, 0) is 6.18 Å². The third-order valence-corrected chi connectivity index (χ3v) is 12.5. The van der Waals surface area contributed by atoms with Gasteiger partial charge in [-0.05, 0) is 146 Å². The van der Waals surface area contributed by atoms with Crippen LogP contribution in [0.25, 0.3) is 88.4 Å². The van der Waals surface area contributed by atoms with E-state index >= 15 is 0 Å². The number of nitrogens with zero attached hydrogens (tertiary/aromatic N) is 3. The second kappa shape index (κ2) is 14.4. The van der Waals surface area contributed by atoms with Gasteiger partial charge in [-0.25, -0.2) is 0 Å². The van der Waals surface area contributed by atoms with Gasteiger partial charge in [0.15, 0.2) is 0 Å². The second-order valence-corrected chi connectivity index (χ2v) is 16.8. The quantitative estimate of drug-likeness (QED) is 0.170. The molecular formula is C56H42F3N3. The smallest absolute Gasteiger partial charge is 0.307 e. The third-order valence-electron chi connectivity index (χ3n) is 12.5. The van der Waals surface area contributed by atoms with Crippen molar-refractivity contribution in [2.45, 2.75) is 47.7 Å². The zero-order valence-electron chi connectivity index (χ0n) is 35.3. The summed E-state index contributed by atoms with van der Waals surface area (Å²) in [6.07, 6.45) is -4.64. The predicted molar refractivity (Wildman–Crippen MR) is 250 cm³/mol. The lowest BCUT2D eigenvalue weighted by molar-refractivity contribution is -0.137. The summed E-state index contributed by atoms with van der Waals surface area (Å²) < 4.78 is 48.7. The minimum atomic E-state index is -4.64. The molecule has 0 amide bonds. The Morgan fingerprint density at radius 3 is 1.32 bits per heavy atom. The number of fused-ring (bicyclic) bond motifs is 6. The van der Waals surface area contributed by atoms with Gasteiger partial charge in [0.1, 0.15) is 0 Å². The van der Waals surface area contributed by atoms with E-state index < -0.39 is 11.7 Å². The van der Waals surface area contributed by atoms with Gasteiger partial charge < -0.3 is 9.13 Å². The summed E-state index contributed by atoms with van der Waals surface area (Å²) in [6, 6.07) is 49.7. The minimum Gasteiger partial charge on any atom is -0.307 e. The van der Waals surface area contributed by atoms with E-state index in [4.69, 9.17) is 0 Å². The average molecular weight is 814 g/mol. The van der Waals surface area contributed by atoms with Crippen molar-refractivity contribution >= 4 is 43.6 Å². The molecule has 0 aliphatic heterocycles. The van der Waals surface area contributed by atoms with Crippen LogP contribution in [0.4, 0.5) is 13.2 Å². The van der Waals surface area contributed by atoms with E-state index in [1.54, 1.807) is 18.2 Å². The molecule has 0 fully saturated rings. The van der Waals surface area contributed by atoms with E-state index in [-0.39, 0.29) is 16.7 Å². The summed E-state index contributed by atoms with van der Waals surface area (Å²) in [5, 5.41) is 15.0. The largest absolute Gasteiger partial charge is 0.417 e. The Morgan fingerprint density at radius 1 is 0.435 bits per heavy atom. The fraction of sp³-hybridized carbons (Fsp3) is 0.125. The predicted octanol–water partition coefficient (Wildman–Crippen LogP) is 15.6. The number of benzene rings is 8. The van der Waals surface area contributed by atoms with E-state index in [1.807, 2.05) is 24.3 Å². The van der Waals surface area contributed by atoms with Crippen LogP contribution in [0.5, 0.6) is 0 Å². The van der Waals surface area contributed by atoms with Gasteiger partial charge in [-0.3, -0.25) is 0 Å². The number of halogens is 3. The molecular weight excluding hydrogens is 772 g/mol. The van der Waals surface area contributed by atoms with Crippen molar-refractivity contribution in [1.82, 2.24) is 9.13 Å². The van der Waals surface area contributed by atoms with Crippen LogP contribution in [0.2, 0.25) is 0 Å². The van der Waals surface area contributed by atoms with Gasteiger partial charge in [0.05, 0.1) is 50.6 Å². The zero-order valence-corrected chi connectivity index (χ0v) is 35.3. The van der Waals surface area contributed by atoms with Gasteiger partial charge in [0.25, 0.3) is 0 Å². The molecule has 0 atom stereocenters. The molecule has 0 spiro atoms. The molecule has 6 heteroatoms. The number of rotatable bonds is 5. The lowest BCUT2D eigenvalue weighted by atomic mass is 9.93. The van der Waals surface area contributed by atoms with Crippen LogP contribution in [-0.4, -0.2) is 9.13 Å². The first-order valence-electron chi connectivity index (χ1n) is 20.8. The summed E-state index contributed by atoms with van der Waals surface area (Å²) in [6.45, 7) is 12.8. The number of aryl methyl sites for hydroxylation is 6. The monoisotopic (exact) mass is 813 g/mol. The fourth-order valence-electron chi connectivity index (χ4n) is 10.3. The highest BCUT2D eigenvalue weighted by molar-refractivity contribution is 6.13. The van der Waals surface area contributed by atoms with Crippen LogP contribution >= 0.6 is 0 Å². The maximum atomic E-state index is 14.8. The van der Waals surface area contributed by atoms with Crippen LogP contribution in [0.3, 0.4) is 0 Å². The molecule has 0 saturated heterocycles. The maximum absolute atomic E-state index is 14.8. The van der Waals surface area contributed by atoms with E-state index in [0.29, 0.717) is 11.4 Å². The summed E-state index contributed by atoms with van der Waals surface area (Å²) in [5.41, 5.74) is 16.2. The summed E-state index contributed by atoms with van der Waals surface area (Å²) in [7, 11) is 0. The Hall–Kier alpha value is -7.36. The molecule has 3 nitrogen and oxygen atoms in total. The first-order valence-corrected chi connectivity index (χ1v) is 20.8. The van der Waals surface area contributed by atoms with Crippen molar-refractivity contribution < 1.29 is 13.2 Å². The molecule has 8 aromatic carbocycles. The van der Waals surface area contributed by atoms with Gasteiger partial charge in [0, 0.05) is 27.1 Å². The number of aromatic nitrogens is 2. The first kappa shape index (κ1) is 38.8. The number of para-hydroxylation sites is 2. The molecule has 0 N–H and O–H groups in total. The normalized spacial score (nSPS) is 11.9. The number of alkyl halides is 3. The van der Waals surface area contributed by atoms with Crippen molar-refractivity contribution in [2.75, 3.05) is 0 Å². The fourth-order valence-corrected chi connectivity index (χ4v) is 10.3. The molecule has 0 unspecified atom stereocenters. The highest BCUT2D eigenvalue weighted by atomic mass is 19.4. The Bertz CT molecular complexity index is 3490. The summed E-state index contributed by atoms with van der Waals surface area (Å²) in [5.74, 6) is 0. The highest BCUT2D eigenvalue weighted by Gasteiger charge is 2.34. The number of hydrogen-bond donors (Lipinski definition) is 0. The van der Waals surface area contributed by atoms with Gasteiger partial charge in [0.2, 0.25) is 0 Å². The van der Waals surface area contributed by atoms with E-state index in [9.17, 15) is 18.4 Å². The van der Waals surface area contributed by atoms with Crippen molar-refractivity contribution in [3.05, 3.63) is 190 Å². The van der Waals surface area contributed by atoms with Crippen molar-refractivity contribution in [2.24, 2.45) is 0 Å². The lowest BCUT2D eigenvalue weighted by Crippen LogP contribution is -2.09. The third kappa shape index (κ3) is 6.10. The lowest BCUT2D eigenvalue weighted by Gasteiger charge is -2.21. The SMILES string of the molecule is Cc1cc(C)c(-c2ccc3c(c2)c2ccccc2n3-c2cc(C#N)c(-c3ccccc3C(F)(F)F)cc2-n2c3ccccc3c3cc(-c4c(C)cc(C)cc4C)ccc32)c(C)c1. The highest BCUT2D eigenvalue weighted by Crippen LogP contribution is 2.45. The summed E-state index contributed by atoms with van der Waals surface area (Å²) >= 11 is 0. The molecule has 0 saturated carbocycles. The maximum Gasteiger partial charge on any atom is 0.417 e. The summed E-state index contributed by atoms with van der Waals surface area (Å²) in [4.78, 5) is 0. The Labute approximate surface area is 358 Å². The first-order chi connectivity index (χ1) is 29.8. The molecule has 0 radical (unpaired) electrons. The van der Waals surface area contributed by atoms with E-state index in [2.05, 4.69) is 142 Å². The van der Waals surface area contributed by atoms with Gasteiger partial charge in [-0.15, -0.1) is 0 Å². The minimum absolute atomic E-state index is 0.0478. The molecule has 0 aliphatic carbocycles. The molecule has 0 aliphatic rings. The van der Waals surface area contributed by atoms with Crippen LogP contribution in [0.1, 0.15) is 44.5 Å². The topological polar surface area (TPSA) is 33.6 Å². The van der Waals surface area contributed by atoms with Crippen molar-refractivity contribution in [3.8, 4) is 50.8 Å². The molecule has 2 heterocycles. The average Bonchev–Trinajstić information content (AvgIpc) is 3.74. The standard InChI is InChI=1S/C56H42F3N3/c1-32-23-34(3)54(35(4)24-32)38-19-21-50-45(27-38)42-14-8-11-17-48(42)61(50)52-29-40(31-60)44(41-13-7-10-16-47(41)56(57,58)59)30-53(52)62-49-18-12-9-15-43(49)46-28-39(20-22-51(46)62)55-36(5)25-33(2)26-37(55)6/h7-30H,1-6H3. The molecule has 0 bridgehead atoms.